The van der Waals surface area contributed by atoms with Crippen LogP contribution < -0.4 is 9.64 Å². The molecule has 1 amide bonds. The molecule has 0 fully saturated rings. The smallest absolute Gasteiger partial charge is 0.330 e. The topological polar surface area (TPSA) is 65.1 Å². The molecule has 3 aromatic rings. The maximum atomic E-state index is 13.3. The first-order valence-electron chi connectivity index (χ1n) is 9.32. The number of ether oxygens (including phenoxy) is 3. The first kappa shape index (κ1) is 21.1. The lowest BCUT2D eigenvalue weighted by Crippen LogP contribution is -2.27. The molecule has 3 aromatic carbocycles. The van der Waals surface area contributed by atoms with Crippen LogP contribution in [0.5, 0.6) is 5.75 Å². The van der Waals surface area contributed by atoms with E-state index in [4.69, 9.17) is 9.47 Å². The summed E-state index contributed by atoms with van der Waals surface area (Å²) in [6.07, 6.45) is 2.82. The number of amides is 1. The van der Waals surface area contributed by atoms with Crippen LogP contribution in [-0.2, 0) is 14.3 Å². The highest BCUT2D eigenvalue weighted by atomic mass is 16.7. The van der Waals surface area contributed by atoms with Crippen LogP contribution >= 0.6 is 0 Å². The molecule has 3 rings (SSSR count). The Bertz CT molecular complexity index is 1090. The molecule has 0 unspecified atom stereocenters. The highest BCUT2D eigenvalue weighted by molar-refractivity contribution is 6.09. The molecule has 0 spiro atoms. The number of hydrogen-bond donors (Lipinski definition) is 0. The second-order valence-corrected chi connectivity index (χ2v) is 6.55. The Balaban J connectivity index is 1.97. The summed E-state index contributed by atoms with van der Waals surface area (Å²) in [4.78, 5) is 26.4. The third kappa shape index (κ3) is 4.85. The maximum absolute atomic E-state index is 13.3. The molecule has 0 saturated carbocycles. The van der Waals surface area contributed by atoms with Crippen molar-refractivity contribution >= 4 is 34.4 Å². The van der Waals surface area contributed by atoms with Crippen LogP contribution in [0.25, 0.3) is 16.8 Å². The molecule has 0 N–H and O–H groups in total. The Morgan fingerprint density at radius 1 is 0.967 bits per heavy atom. The molecule has 0 saturated heterocycles. The number of methoxy groups -OCH3 is 2. The van der Waals surface area contributed by atoms with E-state index in [1.165, 1.54) is 20.3 Å². The van der Waals surface area contributed by atoms with Crippen molar-refractivity contribution in [3.8, 4) is 5.75 Å². The number of esters is 1. The van der Waals surface area contributed by atoms with Gasteiger partial charge in [-0.05, 0) is 46.7 Å². The van der Waals surface area contributed by atoms with Crippen molar-refractivity contribution in [3.05, 3.63) is 77.9 Å². The van der Waals surface area contributed by atoms with E-state index in [0.29, 0.717) is 16.9 Å². The van der Waals surface area contributed by atoms with Crippen molar-refractivity contribution in [2.45, 2.75) is 0 Å². The van der Waals surface area contributed by atoms with Gasteiger partial charge in [-0.2, -0.15) is 0 Å². The molecule has 0 radical (unpaired) electrons. The predicted molar refractivity (Wildman–Crippen MR) is 117 cm³/mol. The minimum atomic E-state index is -0.504. The van der Waals surface area contributed by atoms with Crippen molar-refractivity contribution in [1.29, 1.82) is 0 Å². The van der Waals surface area contributed by atoms with Gasteiger partial charge >= 0.3 is 5.97 Å². The van der Waals surface area contributed by atoms with Gasteiger partial charge < -0.3 is 19.1 Å². The van der Waals surface area contributed by atoms with Crippen LogP contribution in [0.2, 0.25) is 0 Å². The van der Waals surface area contributed by atoms with Crippen LogP contribution in [0.1, 0.15) is 15.9 Å². The van der Waals surface area contributed by atoms with E-state index in [0.717, 1.165) is 16.5 Å². The van der Waals surface area contributed by atoms with Crippen LogP contribution in [0.15, 0.2) is 66.7 Å². The van der Waals surface area contributed by atoms with Gasteiger partial charge in [0.15, 0.2) is 6.79 Å². The summed E-state index contributed by atoms with van der Waals surface area (Å²) < 4.78 is 15.1. The molecule has 0 aliphatic rings. The van der Waals surface area contributed by atoms with Crippen molar-refractivity contribution in [2.24, 2.45) is 0 Å². The zero-order chi connectivity index (χ0) is 21.5. The zero-order valence-corrected chi connectivity index (χ0v) is 17.1. The largest absolute Gasteiger partial charge is 0.468 e. The van der Waals surface area contributed by atoms with Gasteiger partial charge in [0.1, 0.15) is 5.75 Å². The third-order valence-electron chi connectivity index (χ3n) is 4.62. The fraction of sp³-hybridized carbons (Fsp3) is 0.167. The monoisotopic (exact) mass is 405 g/mol. The molecule has 30 heavy (non-hydrogen) atoms. The second kappa shape index (κ2) is 9.71. The van der Waals surface area contributed by atoms with Gasteiger partial charge in [-0.1, -0.05) is 36.4 Å². The van der Waals surface area contributed by atoms with Crippen molar-refractivity contribution < 1.29 is 23.8 Å². The molecular formula is C24H23NO5. The highest BCUT2D eigenvalue weighted by Crippen LogP contribution is 2.26. The van der Waals surface area contributed by atoms with E-state index in [2.05, 4.69) is 4.74 Å². The Morgan fingerprint density at radius 3 is 2.47 bits per heavy atom. The summed E-state index contributed by atoms with van der Waals surface area (Å²) in [6, 6.07) is 18.9. The lowest BCUT2D eigenvalue weighted by Gasteiger charge is -2.20. The molecule has 0 bridgehead atoms. The van der Waals surface area contributed by atoms with E-state index in [1.54, 1.807) is 36.2 Å². The van der Waals surface area contributed by atoms with Gasteiger partial charge in [-0.25, -0.2) is 4.79 Å². The molecule has 0 aromatic heterocycles. The lowest BCUT2D eigenvalue weighted by atomic mass is 10.0. The third-order valence-corrected chi connectivity index (χ3v) is 4.62. The fourth-order valence-electron chi connectivity index (χ4n) is 2.99. The quantitative estimate of drug-likeness (QED) is 0.333. The summed E-state index contributed by atoms with van der Waals surface area (Å²) in [6.45, 7) is 0.0610. The normalized spacial score (nSPS) is 10.9. The maximum Gasteiger partial charge on any atom is 0.330 e. The molecule has 0 aliphatic carbocycles. The predicted octanol–water partition coefficient (Wildman–Crippen LogP) is 4.29. The van der Waals surface area contributed by atoms with Crippen LogP contribution in [0.4, 0.5) is 5.69 Å². The van der Waals surface area contributed by atoms with Gasteiger partial charge in [0.25, 0.3) is 5.91 Å². The van der Waals surface area contributed by atoms with Gasteiger partial charge in [0.2, 0.25) is 0 Å². The van der Waals surface area contributed by atoms with Gasteiger partial charge in [-0.3, -0.25) is 4.79 Å². The van der Waals surface area contributed by atoms with Crippen molar-refractivity contribution in [1.82, 2.24) is 0 Å². The zero-order valence-electron chi connectivity index (χ0n) is 17.1. The van der Waals surface area contributed by atoms with Gasteiger partial charge in [0, 0.05) is 25.9 Å². The first-order valence-corrected chi connectivity index (χ1v) is 9.32. The molecule has 154 valence electrons. The molecule has 0 atom stereocenters. The Hall–Kier alpha value is -3.64. The number of rotatable bonds is 7. The van der Waals surface area contributed by atoms with Crippen LogP contribution in [0.3, 0.4) is 0 Å². The van der Waals surface area contributed by atoms with Gasteiger partial charge in [-0.15, -0.1) is 0 Å². The molecule has 0 heterocycles. The second-order valence-electron chi connectivity index (χ2n) is 6.55. The van der Waals surface area contributed by atoms with Crippen LogP contribution in [-0.4, -0.2) is 39.9 Å². The minimum Gasteiger partial charge on any atom is -0.468 e. The molecule has 0 aliphatic heterocycles. The summed E-state index contributed by atoms with van der Waals surface area (Å²) in [5.74, 6) is -0.254. The van der Waals surface area contributed by atoms with E-state index in [-0.39, 0.29) is 12.7 Å². The minimum absolute atomic E-state index is 0.0610. The number of carbonyl (C=O) groups is 2. The van der Waals surface area contributed by atoms with E-state index < -0.39 is 5.97 Å². The summed E-state index contributed by atoms with van der Waals surface area (Å²) in [5.41, 5.74) is 1.71. The standard InChI is InChI=1S/C24H23NO5/c1-25(20-11-8-17-6-4-5-7-19(17)14-20)24(27)22-15-21(30-16-28-2)12-9-18(22)10-13-23(26)29-3/h4-15H,16H2,1-3H3/b13-10+. The molecular weight excluding hydrogens is 382 g/mol. The number of fused-ring (bicyclic) bond motifs is 1. The number of nitrogens with zero attached hydrogens (tertiary/aromatic N) is 1. The first-order chi connectivity index (χ1) is 14.5. The average molecular weight is 405 g/mol. The lowest BCUT2D eigenvalue weighted by molar-refractivity contribution is -0.134. The summed E-state index contributed by atoms with van der Waals surface area (Å²) in [5, 5.41) is 2.14. The Labute approximate surface area is 175 Å². The summed E-state index contributed by atoms with van der Waals surface area (Å²) in [7, 11) is 4.53. The van der Waals surface area contributed by atoms with E-state index >= 15 is 0 Å². The fourth-order valence-corrected chi connectivity index (χ4v) is 2.99. The van der Waals surface area contributed by atoms with Crippen molar-refractivity contribution in [2.75, 3.05) is 33.0 Å². The van der Waals surface area contributed by atoms with Crippen LogP contribution in [0, 0.1) is 0 Å². The Kier molecular flexibility index (Phi) is 6.83. The van der Waals surface area contributed by atoms with Crippen molar-refractivity contribution in [3.63, 3.8) is 0 Å². The number of anilines is 1. The Morgan fingerprint density at radius 2 is 1.73 bits per heavy atom. The highest BCUT2D eigenvalue weighted by Gasteiger charge is 2.18. The van der Waals surface area contributed by atoms with E-state index in [1.807, 2.05) is 42.5 Å². The number of hydrogen-bond acceptors (Lipinski definition) is 5. The number of benzene rings is 3. The molecule has 6 heteroatoms. The van der Waals surface area contributed by atoms with Gasteiger partial charge in [0.05, 0.1) is 12.7 Å². The average Bonchev–Trinajstić information content (AvgIpc) is 2.80. The SMILES string of the molecule is COCOc1ccc(/C=C/C(=O)OC)c(C(=O)N(C)c2ccc3ccccc3c2)c1. The van der Waals surface area contributed by atoms with E-state index in [9.17, 15) is 9.59 Å². The molecule has 6 nitrogen and oxygen atoms in total. The number of carbonyl (C=O) groups excluding carboxylic acids is 2. The summed E-state index contributed by atoms with van der Waals surface area (Å²) >= 11 is 0.